The summed E-state index contributed by atoms with van der Waals surface area (Å²) in [6.07, 6.45) is 0. The van der Waals surface area contributed by atoms with E-state index in [9.17, 15) is 14.3 Å². The minimum atomic E-state index is -1.27. The number of hydrogen-bond donors (Lipinski definition) is 1. The van der Waals surface area contributed by atoms with Crippen LogP contribution in [0.15, 0.2) is 48.5 Å². The molecule has 1 N–H and O–H groups in total. The smallest absolute Gasteiger partial charge is 0.358 e. The van der Waals surface area contributed by atoms with Crippen LogP contribution >= 0.6 is 11.6 Å². The fourth-order valence-electron chi connectivity index (χ4n) is 2.11. The van der Waals surface area contributed by atoms with Gasteiger partial charge in [0, 0.05) is 5.56 Å². The topological polar surface area (TPSA) is 68.0 Å². The first-order chi connectivity index (χ1) is 10.6. The molecule has 0 unspecified atom stereocenters. The van der Waals surface area contributed by atoms with Gasteiger partial charge in [0.2, 0.25) is 0 Å². The molecule has 0 fully saturated rings. The van der Waals surface area contributed by atoms with Crippen LogP contribution in [-0.4, -0.2) is 26.1 Å². The standard InChI is InChI=1S/C15H9ClFN3O2/c16-10-6-2-1-5-9(10)14-13(15(21)22)18-19-20(14)12-8-4-3-7-11(12)17/h1-8H,(H,21,22). The Labute approximate surface area is 129 Å². The molecule has 0 aliphatic heterocycles. The maximum absolute atomic E-state index is 14.0. The zero-order valence-electron chi connectivity index (χ0n) is 11.1. The van der Waals surface area contributed by atoms with Crippen molar-refractivity contribution in [1.29, 1.82) is 0 Å². The second-order valence-electron chi connectivity index (χ2n) is 4.43. The van der Waals surface area contributed by atoms with Gasteiger partial charge in [-0.2, -0.15) is 0 Å². The third kappa shape index (κ3) is 2.33. The molecule has 3 aromatic rings. The third-order valence-electron chi connectivity index (χ3n) is 3.08. The van der Waals surface area contributed by atoms with Crippen LogP contribution in [0.4, 0.5) is 4.39 Å². The Hall–Kier alpha value is -2.73. The molecule has 2 aromatic carbocycles. The third-order valence-corrected chi connectivity index (χ3v) is 3.41. The van der Waals surface area contributed by atoms with Gasteiger partial charge in [0.1, 0.15) is 17.2 Å². The van der Waals surface area contributed by atoms with Crippen molar-refractivity contribution >= 4 is 17.6 Å². The van der Waals surface area contributed by atoms with Crippen molar-refractivity contribution in [3.05, 3.63) is 65.1 Å². The van der Waals surface area contributed by atoms with Crippen LogP contribution in [0, 0.1) is 5.82 Å². The van der Waals surface area contributed by atoms with Crippen molar-refractivity contribution in [3.8, 4) is 16.9 Å². The molecular weight excluding hydrogens is 309 g/mol. The number of aromatic carboxylic acids is 1. The van der Waals surface area contributed by atoms with Gasteiger partial charge in [0.15, 0.2) is 5.69 Å². The molecule has 110 valence electrons. The van der Waals surface area contributed by atoms with Crippen molar-refractivity contribution < 1.29 is 14.3 Å². The maximum atomic E-state index is 14.0. The maximum Gasteiger partial charge on any atom is 0.358 e. The van der Waals surface area contributed by atoms with E-state index in [1.165, 1.54) is 18.2 Å². The second-order valence-corrected chi connectivity index (χ2v) is 4.84. The predicted molar refractivity (Wildman–Crippen MR) is 78.7 cm³/mol. The lowest BCUT2D eigenvalue weighted by molar-refractivity contribution is 0.0691. The molecule has 0 amide bonds. The van der Waals surface area contributed by atoms with Gasteiger partial charge in [-0.25, -0.2) is 13.9 Å². The molecule has 7 heteroatoms. The van der Waals surface area contributed by atoms with Crippen LogP contribution < -0.4 is 0 Å². The molecule has 0 aliphatic rings. The molecule has 1 heterocycles. The van der Waals surface area contributed by atoms with Crippen LogP contribution in [0.25, 0.3) is 16.9 Å². The number of carboxylic acid groups (broad SMARTS) is 1. The highest BCUT2D eigenvalue weighted by atomic mass is 35.5. The average molecular weight is 318 g/mol. The van der Waals surface area contributed by atoms with Crippen LogP contribution in [0.5, 0.6) is 0 Å². The molecule has 0 saturated heterocycles. The summed E-state index contributed by atoms with van der Waals surface area (Å²) >= 11 is 6.14. The Kier molecular flexibility index (Phi) is 3.60. The van der Waals surface area contributed by atoms with E-state index < -0.39 is 11.8 Å². The summed E-state index contributed by atoms with van der Waals surface area (Å²) in [5.74, 6) is -1.81. The van der Waals surface area contributed by atoms with E-state index in [1.54, 1.807) is 30.3 Å². The Bertz CT molecular complexity index is 863. The summed E-state index contributed by atoms with van der Waals surface area (Å²) in [6.45, 7) is 0. The lowest BCUT2D eigenvalue weighted by atomic mass is 10.1. The summed E-state index contributed by atoms with van der Waals surface area (Å²) < 4.78 is 15.2. The van der Waals surface area contributed by atoms with Crippen LogP contribution in [-0.2, 0) is 0 Å². The van der Waals surface area contributed by atoms with E-state index in [-0.39, 0.29) is 17.1 Å². The monoisotopic (exact) mass is 317 g/mol. The van der Waals surface area contributed by atoms with E-state index in [1.807, 2.05) is 0 Å². The van der Waals surface area contributed by atoms with Gasteiger partial charge in [-0.05, 0) is 18.2 Å². The molecule has 0 aliphatic carbocycles. The summed E-state index contributed by atoms with van der Waals surface area (Å²) in [4.78, 5) is 11.4. The first-order valence-corrected chi connectivity index (χ1v) is 6.66. The van der Waals surface area contributed by atoms with E-state index in [0.717, 1.165) is 4.68 Å². The highest BCUT2D eigenvalue weighted by molar-refractivity contribution is 6.33. The van der Waals surface area contributed by atoms with Crippen LogP contribution in [0.2, 0.25) is 5.02 Å². The summed E-state index contributed by atoms with van der Waals surface area (Å²) in [7, 11) is 0. The number of halogens is 2. The Morgan fingerprint density at radius 2 is 1.82 bits per heavy atom. The minimum absolute atomic E-state index is 0.0948. The van der Waals surface area contributed by atoms with Gasteiger partial charge in [-0.15, -0.1) is 5.10 Å². The second kappa shape index (κ2) is 5.57. The van der Waals surface area contributed by atoms with Crippen LogP contribution in [0.3, 0.4) is 0 Å². The number of rotatable bonds is 3. The van der Waals surface area contributed by atoms with Crippen molar-refractivity contribution in [1.82, 2.24) is 15.0 Å². The molecular formula is C15H9ClFN3O2. The van der Waals surface area contributed by atoms with Gasteiger partial charge in [0.05, 0.1) is 5.02 Å². The number of carboxylic acids is 1. The number of hydrogen-bond acceptors (Lipinski definition) is 3. The Morgan fingerprint density at radius 3 is 2.50 bits per heavy atom. The molecule has 0 bridgehead atoms. The Balaban J connectivity index is 2.33. The van der Waals surface area contributed by atoms with Gasteiger partial charge in [0.25, 0.3) is 0 Å². The molecule has 0 atom stereocenters. The molecule has 0 spiro atoms. The average Bonchev–Trinajstić information content (AvgIpc) is 2.93. The van der Waals surface area contributed by atoms with Gasteiger partial charge in [-0.3, -0.25) is 0 Å². The first-order valence-electron chi connectivity index (χ1n) is 6.28. The van der Waals surface area contributed by atoms with Gasteiger partial charge in [-0.1, -0.05) is 47.1 Å². The highest BCUT2D eigenvalue weighted by Gasteiger charge is 2.24. The first kappa shape index (κ1) is 14.2. The largest absolute Gasteiger partial charge is 0.476 e. The summed E-state index contributed by atoms with van der Waals surface area (Å²) in [5.41, 5.74) is 0.340. The van der Waals surface area contributed by atoms with Crippen molar-refractivity contribution in [2.75, 3.05) is 0 Å². The van der Waals surface area contributed by atoms with E-state index in [2.05, 4.69) is 10.3 Å². The highest BCUT2D eigenvalue weighted by Crippen LogP contribution is 2.31. The van der Waals surface area contributed by atoms with Gasteiger partial charge >= 0.3 is 5.97 Å². The lowest BCUT2D eigenvalue weighted by Gasteiger charge is -2.09. The quantitative estimate of drug-likeness (QED) is 0.803. The molecule has 1 aromatic heterocycles. The lowest BCUT2D eigenvalue weighted by Crippen LogP contribution is -2.05. The summed E-state index contributed by atoms with van der Waals surface area (Å²) in [6, 6.07) is 12.5. The zero-order valence-corrected chi connectivity index (χ0v) is 11.8. The predicted octanol–water partition coefficient (Wildman–Crippen LogP) is 3.43. The van der Waals surface area contributed by atoms with Crippen LogP contribution in [0.1, 0.15) is 10.5 Å². The summed E-state index contributed by atoms with van der Waals surface area (Å²) in [5, 5.41) is 17.0. The SMILES string of the molecule is O=C(O)c1nnn(-c2ccccc2F)c1-c1ccccc1Cl. The van der Waals surface area contributed by atoms with Crippen molar-refractivity contribution in [2.45, 2.75) is 0 Å². The van der Waals surface area contributed by atoms with E-state index in [4.69, 9.17) is 11.6 Å². The van der Waals surface area contributed by atoms with Crippen molar-refractivity contribution in [3.63, 3.8) is 0 Å². The fraction of sp³-hybridized carbons (Fsp3) is 0. The fourth-order valence-corrected chi connectivity index (χ4v) is 2.34. The molecule has 5 nitrogen and oxygen atoms in total. The van der Waals surface area contributed by atoms with Gasteiger partial charge < -0.3 is 5.11 Å². The van der Waals surface area contributed by atoms with Crippen molar-refractivity contribution in [2.24, 2.45) is 0 Å². The van der Waals surface area contributed by atoms with E-state index >= 15 is 0 Å². The minimum Gasteiger partial charge on any atom is -0.476 e. The number of para-hydroxylation sites is 1. The molecule has 0 saturated carbocycles. The Morgan fingerprint density at radius 1 is 1.14 bits per heavy atom. The number of aromatic nitrogens is 3. The normalized spacial score (nSPS) is 10.6. The van der Waals surface area contributed by atoms with E-state index in [0.29, 0.717) is 10.6 Å². The molecule has 3 rings (SSSR count). The molecule has 0 radical (unpaired) electrons. The number of carbonyl (C=O) groups is 1. The zero-order chi connectivity index (χ0) is 15.7. The number of nitrogens with zero attached hydrogens (tertiary/aromatic N) is 3. The number of benzene rings is 2. The molecule has 22 heavy (non-hydrogen) atoms.